The number of benzene rings is 3. The van der Waals surface area contributed by atoms with E-state index in [-0.39, 0.29) is 7.14 Å². The number of hydrogen-bond acceptors (Lipinski definition) is 7. The Morgan fingerprint density at radius 1 is 0.788 bits per heavy atom. The normalized spacial score (nSPS) is 12.3. The average molecular weight is 596 g/mol. The van der Waals surface area contributed by atoms with Crippen LogP contribution in [0.4, 0.5) is 24.5 Å². The molecule has 14 heteroatoms. The van der Waals surface area contributed by atoms with Gasteiger partial charge in [-0.3, -0.25) is 0 Å². The molecule has 0 aliphatic rings. The van der Waals surface area contributed by atoms with Crippen molar-refractivity contribution in [2.24, 2.45) is 0 Å². The number of nitrogens with zero attached hydrogens (tertiary/aromatic N) is 2. The summed E-state index contributed by atoms with van der Waals surface area (Å²) in [6.07, 6.45) is -5.00. The van der Waals surface area contributed by atoms with E-state index in [0.717, 1.165) is 42.5 Å². The third-order valence-electron chi connectivity index (χ3n) is 4.04. The summed E-state index contributed by atoms with van der Waals surface area (Å²) in [4.78, 5) is 19.7. The van der Waals surface area contributed by atoms with Gasteiger partial charge in [0, 0.05) is 0 Å². The molecule has 0 aliphatic heterocycles. The number of nitro groups is 2. The van der Waals surface area contributed by atoms with E-state index < -0.39 is 68.2 Å². The topological polar surface area (TPSA) is 130 Å². The van der Waals surface area contributed by atoms with Crippen LogP contribution in [0.15, 0.2) is 77.7 Å². The van der Waals surface area contributed by atoms with Crippen LogP contribution in [-0.4, -0.2) is 18.3 Å². The van der Waals surface area contributed by atoms with Crippen molar-refractivity contribution in [3.63, 3.8) is 0 Å². The zero-order valence-electron chi connectivity index (χ0n) is 16.1. The van der Waals surface area contributed by atoms with E-state index in [1.165, 1.54) is 24.3 Å². The van der Waals surface area contributed by atoms with Crippen LogP contribution in [0.2, 0.25) is 0 Å². The molecule has 9 nitrogen and oxygen atoms in total. The summed E-state index contributed by atoms with van der Waals surface area (Å²) in [5.74, 6) is 0. The number of nitro benzene ring substituents is 2. The van der Waals surface area contributed by atoms with Gasteiger partial charge in [-0.15, -0.1) is 0 Å². The Hall–Kier alpha value is -3.11. The first-order valence-corrected chi connectivity index (χ1v) is 13.1. The molecule has 0 unspecified atom stereocenters. The average Bonchev–Trinajstić information content (AvgIpc) is 2.77. The van der Waals surface area contributed by atoms with Crippen LogP contribution in [-0.2, 0) is 18.8 Å². The van der Waals surface area contributed by atoms with Crippen LogP contribution in [0.5, 0.6) is 0 Å². The molecular formula is C19H12F3IN2O7S. The first kappa shape index (κ1) is 24.5. The van der Waals surface area contributed by atoms with Crippen molar-refractivity contribution in [3.05, 3.63) is 106 Å². The first-order valence-electron chi connectivity index (χ1n) is 8.70. The Kier molecular flexibility index (Phi) is 6.99. The summed E-state index contributed by atoms with van der Waals surface area (Å²) in [5, 5.41) is 22.3. The summed E-state index contributed by atoms with van der Waals surface area (Å²) in [6.45, 7) is 0. The Balaban J connectivity index is 2.17. The van der Waals surface area contributed by atoms with Gasteiger partial charge in [-0.1, -0.05) is 0 Å². The Morgan fingerprint density at radius 2 is 1.27 bits per heavy atom. The van der Waals surface area contributed by atoms with Crippen LogP contribution in [0.3, 0.4) is 0 Å². The van der Waals surface area contributed by atoms with E-state index in [4.69, 9.17) is 2.51 Å². The van der Waals surface area contributed by atoms with E-state index in [0.29, 0.717) is 6.07 Å². The number of alkyl halides is 3. The molecular weight excluding hydrogens is 584 g/mol. The van der Waals surface area contributed by atoms with Gasteiger partial charge < -0.3 is 0 Å². The third kappa shape index (κ3) is 5.63. The molecule has 0 aliphatic carbocycles. The molecule has 0 aromatic heterocycles. The van der Waals surface area contributed by atoms with E-state index in [2.05, 4.69) is 0 Å². The van der Waals surface area contributed by atoms with Gasteiger partial charge in [-0.2, -0.15) is 0 Å². The second-order valence-electron chi connectivity index (χ2n) is 6.23. The maximum atomic E-state index is 13.4. The Labute approximate surface area is 192 Å². The molecule has 0 radical (unpaired) electrons. The number of rotatable bonds is 7. The molecule has 0 atom stereocenters. The fourth-order valence-electron chi connectivity index (χ4n) is 2.63. The zero-order valence-corrected chi connectivity index (χ0v) is 19.1. The number of halogens is 4. The summed E-state index contributed by atoms with van der Waals surface area (Å²) >= 11 is -3.75. The molecule has 0 saturated carbocycles. The predicted octanol–water partition coefficient (Wildman–Crippen LogP) is 5.39. The summed E-state index contributed by atoms with van der Waals surface area (Å²) in [5.41, 5.74) is -2.26. The number of hydrogen-bond donors (Lipinski definition) is 0. The quantitative estimate of drug-likeness (QED) is 0.203. The van der Waals surface area contributed by atoms with Crippen molar-refractivity contribution in [1.29, 1.82) is 0 Å². The standard InChI is InChI=1S/C19H12F3IN2O7S/c20-19(21,22)17-9-1-2-10-18(17)33(30,31)32-23(13-5-3-7-15(11-13)24(26)27)14-6-4-8-16(12-14)25(28)29/h1-12H. The molecule has 3 rings (SSSR count). The molecule has 0 fully saturated rings. The van der Waals surface area contributed by atoms with E-state index >= 15 is 0 Å². The minimum absolute atomic E-state index is 0.0435. The molecule has 0 amide bonds. The molecule has 0 bridgehead atoms. The van der Waals surface area contributed by atoms with Gasteiger partial charge in [0.15, 0.2) is 0 Å². The van der Waals surface area contributed by atoms with Crippen molar-refractivity contribution < 1.29 is 33.9 Å². The molecule has 0 N–H and O–H groups in total. The minimum atomic E-state index is -5.03. The van der Waals surface area contributed by atoms with Gasteiger partial charge in [0.1, 0.15) is 0 Å². The zero-order chi connectivity index (χ0) is 24.4. The summed E-state index contributed by atoms with van der Waals surface area (Å²) in [6, 6.07) is 12.9. The van der Waals surface area contributed by atoms with Gasteiger partial charge in [0.2, 0.25) is 0 Å². The summed E-state index contributed by atoms with van der Waals surface area (Å²) in [7, 11) is -5.03. The van der Waals surface area contributed by atoms with Crippen molar-refractivity contribution in [2.45, 2.75) is 11.1 Å². The Bertz CT molecular complexity index is 1280. The fourth-order valence-corrected chi connectivity index (χ4v) is 9.94. The van der Waals surface area contributed by atoms with Gasteiger partial charge in [0.05, 0.1) is 0 Å². The SMILES string of the molecule is O=[N+]([O-])c1cccc(I(OS(=O)(=O)c2ccccc2C(F)(F)F)c2cccc([N+](=O)[O-])c2)c1. The molecule has 3 aromatic carbocycles. The third-order valence-corrected chi connectivity index (χ3v) is 11.3. The van der Waals surface area contributed by atoms with Crippen LogP contribution in [0, 0.1) is 27.4 Å². The van der Waals surface area contributed by atoms with Gasteiger partial charge in [0.25, 0.3) is 0 Å². The van der Waals surface area contributed by atoms with Crippen LogP contribution >= 0.6 is 20.2 Å². The molecule has 174 valence electrons. The maximum absolute atomic E-state index is 13.4. The van der Waals surface area contributed by atoms with Crippen molar-refractivity contribution in [1.82, 2.24) is 0 Å². The van der Waals surface area contributed by atoms with Crippen LogP contribution < -0.4 is 0 Å². The second-order valence-corrected chi connectivity index (χ2v) is 12.7. The Morgan fingerprint density at radius 3 is 1.73 bits per heavy atom. The van der Waals surface area contributed by atoms with Gasteiger partial charge >= 0.3 is 192 Å². The molecule has 0 spiro atoms. The fraction of sp³-hybridized carbons (Fsp3) is 0.0526. The molecule has 0 saturated heterocycles. The van der Waals surface area contributed by atoms with Crippen molar-refractivity contribution >= 4 is 41.7 Å². The van der Waals surface area contributed by atoms with Crippen LogP contribution in [0.25, 0.3) is 0 Å². The van der Waals surface area contributed by atoms with E-state index in [1.807, 2.05) is 0 Å². The first-order chi connectivity index (χ1) is 15.4. The van der Waals surface area contributed by atoms with Crippen molar-refractivity contribution in [3.8, 4) is 0 Å². The molecule has 3 aromatic rings. The van der Waals surface area contributed by atoms with E-state index in [9.17, 15) is 41.8 Å². The monoisotopic (exact) mass is 596 g/mol. The molecule has 33 heavy (non-hydrogen) atoms. The van der Waals surface area contributed by atoms with Gasteiger partial charge in [-0.25, -0.2) is 0 Å². The number of non-ortho nitro benzene ring substituents is 2. The second kappa shape index (κ2) is 9.40. The van der Waals surface area contributed by atoms with Crippen LogP contribution in [0.1, 0.15) is 5.56 Å². The summed E-state index contributed by atoms with van der Waals surface area (Å²) < 4.78 is 71.4. The van der Waals surface area contributed by atoms with E-state index in [1.54, 1.807) is 0 Å². The van der Waals surface area contributed by atoms with Crippen molar-refractivity contribution in [2.75, 3.05) is 0 Å². The van der Waals surface area contributed by atoms with Gasteiger partial charge in [-0.05, 0) is 0 Å². The molecule has 0 heterocycles. The predicted molar refractivity (Wildman–Crippen MR) is 117 cm³/mol.